The maximum atomic E-state index is 12.9. The highest BCUT2D eigenvalue weighted by atomic mass is 32.2. The van der Waals surface area contributed by atoms with E-state index >= 15 is 0 Å². The molecule has 0 aromatic carbocycles. The van der Waals surface area contributed by atoms with Gasteiger partial charge in [-0.2, -0.15) is 0 Å². The molecule has 1 aromatic rings. The lowest BCUT2D eigenvalue weighted by molar-refractivity contribution is 0.310. The SMILES string of the molecule is CCCNCc1scc(C)c1S(=O)(=O)N(C)CC(C)(C)C. The van der Waals surface area contributed by atoms with Crippen molar-refractivity contribution in [3.05, 3.63) is 15.8 Å². The fraction of sp³-hybridized carbons (Fsp3) is 0.733. The second-order valence-electron chi connectivity index (χ2n) is 6.67. The first kappa shape index (κ1) is 18.6. The number of sulfonamides is 1. The van der Waals surface area contributed by atoms with Crippen LogP contribution in [0.2, 0.25) is 0 Å². The molecule has 0 saturated heterocycles. The Balaban J connectivity index is 3.05. The van der Waals surface area contributed by atoms with Crippen molar-refractivity contribution < 1.29 is 8.42 Å². The van der Waals surface area contributed by atoms with Gasteiger partial charge in [0.2, 0.25) is 10.0 Å². The number of thiophene rings is 1. The Kier molecular flexibility index (Phi) is 6.40. The third kappa shape index (κ3) is 5.06. The Morgan fingerprint density at radius 3 is 2.48 bits per heavy atom. The second kappa shape index (κ2) is 7.22. The van der Waals surface area contributed by atoms with Crippen LogP contribution in [0.3, 0.4) is 0 Å². The molecule has 0 amide bonds. The Bertz CT molecular complexity index is 557. The molecule has 21 heavy (non-hydrogen) atoms. The number of rotatable bonds is 7. The van der Waals surface area contributed by atoms with Crippen molar-refractivity contribution in [1.82, 2.24) is 9.62 Å². The second-order valence-corrected chi connectivity index (χ2v) is 9.62. The van der Waals surface area contributed by atoms with Gasteiger partial charge in [0.05, 0.1) is 0 Å². The summed E-state index contributed by atoms with van der Waals surface area (Å²) in [5.74, 6) is 0. The molecule has 4 nitrogen and oxygen atoms in total. The maximum absolute atomic E-state index is 12.9. The van der Waals surface area contributed by atoms with Crippen molar-refractivity contribution in [3.8, 4) is 0 Å². The van der Waals surface area contributed by atoms with E-state index in [1.807, 2.05) is 33.1 Å². The molecule has 0 unspecified atom stereocenters. The number of hydrogen-bond acceptors (Lipinski definition) is 4. The molecule has 0 atom stereocenters. The van der Waals surface area contributed by atoms with E-state index < -0.39 is 10.0 Å². The van der Waals surface area contributed by atoms with E-state index in [0.29, 0.717) is 18.0 Å². The highest BCUT2D eigenvalue weighted by Crippen LogP contribution is 2.30. The lowest BCUT2D eigenvalue weighted by Gasteiger charge is -2.26. The quantitative estimate of drug-likeness (QED) is 0.780. The molecule has 1 heterocycles. The first-order valence-corrected chi connectivity index (χ1v) is 9.65. The topological polar surface area (TPSA) is 49.4 Å². The van der Waals surface area contributed by atoms with Crippen LogP contribution in [-0.4, -0.2) is 32.9 Å². The van der Waals surface area contributed by atoms with Crippen molar-refractivity contribution in [3.63, 3.8) is 0 Å². The van der Waals surface area contributed by atoms with E-state index in [4.69, 9.17) is 0 Å². The van der Waals surface area contributed by atoms with Crippen molar-refractivity contribution in [2.45, 2.75) is 52.5 Å². The minimum Gasteiger partial charge on any atom is -0.312 e. The number of nitrogens with zero attached hydrogens (tertiary/aromatic N) is 1. The van der Waals surface area contributed by atoms with Gasteiger partial charge in [-0.3, -0.25) is 0 Å². The van der Waals surface area contributed by atoms with Crippen LogP contribution in [0.1, 0.15) is 44.6 Å². The Hall–Kier alpha value is -0.430. The summed E-state index contributed by atoms with van der Waals surface area (Å²) in [7, 11) is -1.76. The number of nitrogens with one attached hydrogen (secondary N) is 1. The molecule has 1 rings (SSSR count). The zero-order valence-electron chi connectivity index (χ0n) is 14.0. The van der Waals surface area contributed by atoms with Gasteiger partial charge in [-0.15, -0.1) is 11.3 Å². The summed E-state index contributed by atoms with van der Waals surface area (Å²) in [5.41, 5.74) is 0.779. The van der Waals surface area contributed by atoms with Crippen LogP contribution in [0.4, 0.5) is 0 Å². The van der Waals surface area contributed by atoms with Crippen LogP contribution < -0.4 is 5.32 Å². The van der Waals surface area contributed by atoms with E-state index in [-0.39, 0.29) is 5.41 Å². The molecule has 0 fully saturated rings. The largest absolute Gasteiger partial charge is 0.312 e. The lowest BCUT2D eigenvalue weighted by Crippen LogP contribution is -2.35. The highest BCUT2D eigenvalue weighted by Gasteiger charge is 2.29. The maximum Gasteiger partial charge on any atom is 0.244 e. The van der Waals surface area contributed by atoms with E-state index in [2.05, 4.69) is 12.2 Å². The number of aryl methyl sites for hydroxylation is 1. The van der Waals surface area contributed by atoms with Gasteiger partial charge in [0.25, 0.3) is 0 Å². The van der Waals surface area contributed by atoms with E-state index in [0.717, 1.165) is 23.4 Å². The molecule has 6 heteroatoms. The summed E-state index contributed by atoms with van der Waals surface area (Å²) in [6, 6.07) is 0. The molecule has 122 valence electrons. The highest BCUT2D eigenvalue weighted by molar-refractivity contribution is 7.89. The first-order chi connectivity index (χ1) is 9.59. The minimum absolute atomic E-state index is 0.0631. The molecule has 0 aliphatic carbocycles. The summed E-state index contributed by atoms with van der Waals surface area (Å²) in [6.07, 6.45) is 1.04. The van der Waals surface area contributed by atoms with Crippen LogP contribution in [0, 0.1) is 12.3 Å². The predicted molar refractivity (Wildman–Crippen MR) is 90.3 cm³/mol. The van der Waals surface area contributed by atoms with Crippen LogP contribution in [-0.2, 0) is 16.6 Å². The van der Waals surface area contributed by atoms with E-state index in [9.17, 15) is 8.42 Å². The average Bonchev–Trinajstić information content (AvgIpc) is 2.69. The van der Waals surface area contributed by atoms with Crippen molar-refractivity contribution in [2.24, 2.45) is 5.41 Å². The summed E-state index contributed by atoms with van der Waals surface area (Å²) in [4.78, 5) is 1.39. The zero-order valence-corrected chi connectivity index (χ0v) is 15.6. The fourth-order valence-electron chi connectivity index (χ4n) is 2.24. The van der Waals surface area contributed by atoms with Gasteiger partial charge in [0, 0.05) is 25.0 Å². The molecule has 0 aliphatic heterocycles. The molecule has 0 bridgehead atoms. The molecule has 0 radical (unpaired) electrons. The van der Waals surface area contributed by atoms with Gasteiger partial charge < -0.3 is 5.32 Å². The van der Waals surface area contributed by atoms with Gasteiger partial charge in [0.1, 0.15) is 4.90 Å². The zero-order chi connectivity index (χ0) is 16.3. The molecule has 1 aromatic heterocycles. The summed E-state index contributed by atoms with van der Waals surface area (Å²) >= 11 is 1.52. The molecular weight excluding hydrogens is 304 g/mol. The summed E-state index contributed by atoms with van der Waals surface area (Å²) in [5, 5.41) is 5.22. The van der Waals surface area contributed by atoms with Gasteiger partial charge in [-0.25, -0.2) is 12.7 Å². The Labute approximate surface area is 133 Å². The Morgan fingerprint density at radius 2 is 1.95 bits per heavy atom. The van der Waals surface area contributed by atoms with Crippen LogP contribution in [0.5, 0.6) is 0 Å². The van der Waals surface area contributed by atoms with Crippen LogP contribution >= 0.6 is 11.3 Å². The number of hydrogen-bond donors (Lipinski definition) is 1. The monoisotopic (exact) mass is 332 g/mol. The Morgan fingerprint density at radius 1 is 1.33 bits per heavy atom. The van der Waals surface area contributed by atoms with Crippen molar-refractivity contribution >= 4 is 21.4 Å². The van der Waals surface area contributed by atoms with E-state index in [1.54, 1.807) is 7.05 Å². The lowest BCUT2D eigenvalue weighted by atomic mass is 9.97. The van der Waals surface area contributed by atoms with Crippen molar-refractivity contribution in [2.75, 3.05) is 20.1 Å². The van der Waals surface area contributed by atoms with Crippen LogP contribution in [0.25, 0.3) is 0 Å². The molecule has 0 aliphatic rings. The van der Waals surface area contributed by atoms with Crippen LogP contribution in [0.15, 0.2) is 10.3 Å². The third-order valence-electron chi connectivity index (χ3n) is 3.07. The van der Waals surface area contributed by atoms with Gasteiger partial charge >= 0.3 is 0 Å². The van der Waals surface area contributed by atoms with E-state index in [1.165, 1.54) is 15.6 Å². The third-order valence-corrected chi connectivity index (χ3v) is 6.33. The molecule has 0 spiro atoms. The van der Waals surface area contributed by atoms with Gasteiger partial charge in [-0.05, 0) is 36.2 Å². The fourth-order valence-corrected chi connectivity index (χ4v) is 5.36. The minimum atomic E-state index is -3.42. The average molecular weight is 333 g/mol. The molecular formula is C15H28N2O2S2. The standard InChI is InChI=1S/C15H28N2O2S2/c1-7-8-16-9-13-14(12(2)10-20-13)21(18,19)17(6)11-15(3,4)5/h10,16H,7-9,11H2,1-6H3. The normalized spacial score (nSPS) is 13.1. The predicted octanol–water partition coefficient (Wildman–Crippen LogP) is 3.22. The smallest absolute Gasteiger partial charge is 0.244 e. The summed E-state index contributed by atoms with van der Waals surface area (Å²) in [6.45, 7) is 12.1. The summed E-state index contributed by atoms with van der Waals surface area (Å²) < 4.78 is 27.2. The molecule has 0 saturated carbocycles. The van der Waals surface area contributed by atoms with Gasteiger partial charge in [0.15, 0.2) is 0 Å². The first-order valence-electron chi connectivity index (χ1n) is 7.33. The molecule has 1 N–H and O–H groups in total. The van der Waals surface area contributed by atoms with Gasteiger partial charge in [-0.1, -0.05) is 27.7 Å². The van der Waals surface area contributed by atoms with Crippen molar-refractivity contribution in [1.29, 1.82) is 0 Å².